The van der Waals surface area contributed by atoms with Gasteiger partial charge in [0.25, 0.3) is 5.91 Å². The number of hydrogen-bond acceptors (Lipinski definition) is 5. The van der Waals surface area contributed by atoms with Gasteiger partial charge >= 0.3 is 0 Å². The maximum Gasteiger partial charge on any atom is 0.291 e. The van der Waals surface area contributed by atoms with Crippen LogP contribution in [-0.4, -0.2) is 33.2 Å². The van der Waals surface area contributed by atoms with E-state index in [0.29, 0.717) is 41.1 Å². The molecule has 30 heavy (non-hydrogen) atoms. The number of anilines is 1. The maximum atomic E-state index is 12.6. The summed E-state index contributed by atoms with van der Waals surface area (Å²) >= 11 is 5.90. The smallest absolute Gasteiger partial charge is 0.291 e. The van der Waals surface area contributed by atoms with Crippen LogP contribution in [0.4, 0.5) is 5.69 Å². The van der Waals surface area contributed by atoms with Gasteiger partial charge in [-0.25, -0.2) is 0 Å². The quantitative estimate of drug-likeness (QED) is 0.462. The number of amides is 1. The predicted molar refractivity (Wildman–Crippen MR) is 121 cm³/mol. The van der Waals surface area contributed by atoms with Crippen LogP contribution in [0.5, 0.6) is 11.5 Å². The van der Waals surface area contributed by atoms with E-state index in [0.717, 1.165) is 5.56 Å². The number of benzene rings is 2. The molecule has 0 radical (unpaired) electrons. The fourth-order valence-corrected chi connectivity index (χ4v) is 2.66. The summed E-state index contributed by atoms with van der Waals surface area (Å²) in [6.45, 7) is 5.21. The van der Waals surface area contributed by atoms with E-state index in [2.05, 4.69) is 10.6 Å². The molecule has 0 aliphatic heterocycles. The largest absolute Gasteiger partial charge is 0.497 e. The zero-order valence-electron chi connectivity index (χ0n) is 17.6. The molecule has 7 heteroatoms. The number of nitrogens with one attached hydrogen (secondary N) is 2. The fourth-order valence-electron chi connectivity index (χ4n) is 2.54. The Labute approximate surface area is 182 Å². The number of carbonyl (C=O) groups excluding carboxylic acids is 1. The highest BCUT2D eigenvalue weighted by molar-refractivity contribution is 6.30. The molecule has 1 heterocycles. The Balaban J connectivity index is 0.00000155. The lowest BCUT2D eigenvalue weighted by atomic mass is 10.2. The molecule has 0 unspecified atom stereocenters. The van der Waals surface area contributed by atoms with Gasteiger partial charge < -0.3 is 24.5 Å². The van der Waals surface area contributed by atoms with Gasteiger partial charge in [-0.3, -0.25) is 4.79 Å². The Kier molecular flexibility index (Phi) is 9.25. The van der Waals surface area contributed by atoms with Crippen molar-refractivity contribution in [2.24, 2.45) is 0 Å². The van der Waals surface area contributed by atoms with Gasteiger partial charge in [-0.15, -0.1) is 0 Å². The summed E-state index contributed by atoms with van der Waals surface area (Å²) < 4.78 is 16.6. The molecule has 3 rings (SSSR count). The summed E-state index contributed by atoms with van der Waals surface area (Å²) in [5, 5.41) is 6.45. The van der Waals surface area contributed by atoms with Crippen LogP contribution in [0.1, 0.15) is 24.4 Å². The Hall–Kier alpha value is -2.96. The van der Waals surface area contributed by atoms with Crippen LogP contribution in [0.15, 0.2) is 59.0 Å². The normalized spacial score (nSPS) is 10.0. The first-order chi connectivity index (χ1) is 14.6. The van der Waals surface area contributed by atoms with Crippen LogP contribution in [0.2, 0.25) is 5.02 Å². The Bertz CT molecular complexity index is 939. The van der Waals surface area contributed by atoms with Crippen LogP contribution in [0.25, 0.3) is 11.3 Å². The van der Waals surface area contributed by atoms with Crippen LogP contribution in [0, 0.1) is 0 Å². The number of furan rings is 1. The zero-order valence-corrected chi connectivity index (χ0v) is 18.4. The van der Waals surface area contributed by atoms with E-state index in [1.54, 1.807) is 49.6 Å². The molecule has 1 amide bonds. The first-order valence-corrected chi connectivity index (χ1v) is 10.1. The number of likely N-dealkylation sites (N-methyl/N-ethyl adjacent to an activating group) is 1. The minimum absolute atomic E-state index is 0.199. The number of halogens is 1. The molecule has 0 fully saturated rings. The first kappa shape index (κ1) is 23.3. The SMILES string of the molecule is CC.CNCCOc1cc(NC(=O)c2ccc(-c3ccc(Cl)cc3)o2)cc(OC)c1. The van der Waals surface area contributed by atoms with E-state index >= 15 is 0 Å². The lowest BCUT2D eigenvalue weighted by Crippen LogP contribution is -2.16. The van der Waals surface area contributed by atoms with Crippen LogP contribution >= 0.6 is 11.6 Å². The fraction of sp³-hybridized carbons (Fsp3) is 0.261. The average molecular weight is 431 g/mol. The van der Waals surface area contributed by atoms with Gasteiger partial charge in [0.05, 0.1) is 7.11 Å². The number of rotatable bonds is 8. The standard InChI is InChI=1S/C21H21ClN2O4.C2H6/c1-23-9-10-27-18-12-16(11-17(13-18)26-2)24-21(25)20-8-7-19(28-20)14-3-5-15(22)6-4-14;1-2/h3-8,11-13,23H,9-10H2,1-2H3,(H,24,25);1-2H3. The molecular formula is C23H27ClN2O4. The average Bonchev–Trinajstić information content (AvgIpc) is 3.26. The van der Waals surface area contributed by atoms with Gasteiger partial charge in [-0.05, 0) is 43.4 Å². The molecule has 0 saturated heterocycles. The third-order valence-electron chi connectivity index (χ3n) is 3.95. The van der Waals surface area contributed by atoms with Crippen molar-refractivity contribution < 1.29 is 18.7 Å². The van der Waals surface area contributed by atoms with Crippen molar-refractivity contribution in [1.82, 2.24) is 5.32 Å². The van der Waals surface area contributed by atoms with Crippen molar-refractivity contribution in [3.8, 4) is 22.8 Å². The maximum absolute atomic E-state index is 12.6. The predicted octanol–water partition coefficient (Wildman–Crippen LogP) is 5.49. The molecule has 6 nitrogen and oxygen atoms in total. The van der Waals surface area contributed by atoms with Crippen molar-refractivity contribution in [2.75, 3.05) is 32.6 Å². The van der Waals surface area contributed by atoms with E-state index in [1.807, 2.05) is 33.0 Å². The van der Waals surface area contributed by atoms with Gasteiger partial charge in [-0.1, -0.05) is 25.4 Å². The highest BCUT2D eigenvalue weighted by Crippen LogP contribution is 2.28. The van der Waals surface area contributed by atoms with Crippen molar-refractivity contribution in [3.05, 3.63) is 65.4 Å². The molecule has 2 aromatic carbocycles. The minimum atomic E-state index is -0.366. The number of carbonyl (C=O) groups is 1. The van der Waals surface area contributed by atoms with Crippen LogP contribution in [0.3, 0.4) is 0 Å². The Morgan fingerprint density at radius 2 is 1.73 bits per heavy atom. The van der Waals surface area contributed by atoms with Gasteiger partial charge in [0.1, 0.15) is 23.9 Å². The highest BCUT2D eigenvalue weighted by Gasteiger charge is 2.14. The second-order valence-corrected chi connectivity index (χ2v) is 6.41. The van der Waals surface area contributed by atoms with Crippen molar-refractivity contribution in [1.29, 1.82) is 0 Å². The summed E-state index contributed by atoms with van der Waals surface area (Å²) in [7, 11) is 3.41. The van der Waals surface area contributed by atoms with Crippen molar-refractivity contribution >= 4 is 23.2 Å². The van der Waals surface area contributed by atoms with Gasteiger partial charge in [0, 0.05) is 41.0 Å². The molecule has 0 atom stereocenters. The molecule has 0 spiro atoms. The summed E-state index contributed by atoms with van der Waals surface area (Å²) in [4.78, 5) is 12.6. The zero-order chi connectivity index (χ0) is 21.9. The van der Waals surface area contributed by atoms with Gasteiger partial charge in [0.2, 0.25) is 0 Å². The first-order valence-electron chi connectivity index (χ1n) is 9.72. The molecular weight excluding hydrogens is 404 g/mol. The molecule has 0 aliphatic rings. The second-order valence-electron chi connectivity index (χ2n) is 5.97. The molecule has 160 valence electrons. The van der Waals surface area contributed by atoms with E-state index in [-0.39, 0.29) is 11.7 Å². The van der Waals surface area contributed by atoms with Gasteiger partial charge in [0.15, 0.2) is 5.76 Å². The van der Waals surface area contributed by atoms with Crippen LogP contribution < -0.4 is 20.1 Å². The summed E-state index contributed by atoms with van der Waals surface area (Å²) in [5.74, 6) is 1.60. The topological polar surface area (TPSA) is 72.7 Å². The third-order valence-corrected chi connectivity index (χ3v) is 4.20. The Morgan fingerprint density at radius 3 is 2.40 bits per heavy atom. The summed E-state index contributed by atoms with van der Waals surface area (Å²) in [6, 6.07) is 15.8. The van der Waals surface area contributed by atoms with E-state index in [9.17, 15) is 4.79 Å². The molecule has 0 bridgehead atoms. The van der Waals surface area contributed by atoms with E-state index < -0.39 is 0 Å². The van der Waals surface area contributed by atoms with E-state index in [1.165, 1.54) is 0 Å². The lowest BCUT2D eigenvalue weighted by Gasteiger charge is -2.11. The van der Waals surface area contributed by atoms with E-state index in [4.69, 9.17) is 25.5 Å². The lowest BCUT2D eigenvalue weighted by molar-refractivity contribution is 0.0997. The summed E-state index contributed by atoms with van der Waals surface area (Å²) in [5.41, 5.74) is 1.39. The molecule has 2 N–H and O–H groups in total. The number of hydrogen-bond donors (Lipinski definition) is 2. The van der Waals surface area contributed by atoms with Crippen molar-refractivity contribution in [3.63, 3.8) is 0 Å². The van der Waals surface area contributed by atoms with Crippen LogP contribution in [-0.2, 0) is 0 Å². The molecule has 0 saturated carbocycles. The third kappa shape index (κ3) is 6.54. The number of ether oxygens (including phenoxy) is 2. The molecule has 0 aliphatic carbocycles. The monoisotopic (exact) mass is 430 g/mol. The highest BCUT2D eigenvalue weighted by atomic mass is 35.5. The Morgan fingerprint density at radius 1 is 1.03 bits per heavy atom. The second kappa shape index (κ2) is 11.9. The van der Waals surface area contributed by atoms with Gasteiger partial charge in [-0.2, -0.15) is 0 Å². The summed E-state index contributed by atoms with van der Waals surface area (Å²) in [6.07, 6.45) is 0. The number of methoxy groups -OCH3 is 1. The minimum Gasteiger partial charge on any atom is -0.497 e. The molecule has 3 aromatic rings. The van der Waals surface area contributed by atoms with Crippen molar-refractivity contribution in [2.45, 2.75) is 13.8 Å². The molecule has 1 aromatic heterocycles.